The summed E-state index contributed by atoms with van der Waals surface area (Å²) in [6, 6.07) is 3.61. The minimum atomic E-state index is 0.109. The Hall–Kier alpha value is -2.71. The molecule has 0 aliphatic rings. The lowest BCUT2D eigenvalue weighted by Gasteiger charge is -2.09. The van der Waals surface area contributed by atoms with E-state index in [9.17, 15) is 0 Å². The summed E-state index contributed by atoms with van der Waals surface area (Å²) in [7, 11) is 1.85. The molecule has 0 aliphatic carbocycles. The van der Waals surface area contributed by atoms with Gasteiger partial charge in [-0.2, -0.15) is 5.10 Å². The summed E-state index contributed by atoms with van der Waals surface area (Å²) < 4.78 is 3.52. The molecule has 0 radical (unpaired) electrons. The van der Waals surface area contributed by atoms with Gasteiger partial charge >= 0.3 is 0 Å². The largest absolute Gasteiger partial charge is 0.332 e. The van der Waals surface area contributed by atoms with Gasteiger partial charge in [-0.05, 0) is 19.1 Å². The normalized spacial score (nSPS) is 11.4. The van der Waals surface area contributed by atoms with Crippen LogP contribution in [-0.4, -0.2) is 34.3 Å². The summed E-state index contributed by atoms with van der Waals surface area (Å²) >= 11 is 12.4. The van der Waals surface area contributed by atoms with Crippen LogP contribution in [0.1, 0.15) is 11.3 Å². The number of aryl methyl sites for hydroxylation is 2. The van der Waals surface area contributed by atoms with Crippen molar-refractivity contribution in [3.63, 3.8) is 0 Å². The molecule has 132 valence electrons. The smallest absolute Gasteiger partial charge is 0.173 e. The van der Waals surface area contributed by atoms with Gasteiger partial charge in [0.1, 0.15) is 16.4 Å². The zero-order valence-corrected chi connectivity index (χ0v) is 15.5. The summed E-state index contributed by atoms with van der Waals surface area (Å²) in [4.78, 5) is 16.0. The predicted octanol–water partition coefficient (Wildman–Crippen LogP) is 2.70. The van der Waals surface area contributed by atoms with Crippen molar-refractivity contribution in [1.82, 2.24) is 34.3 Å². The molecule has 0 aromatic carbocycles. The molecule has 4 aromatic heterocycles. The number of nitrogens with zero attached hydrogens (tertiary/aromatic N) is 6. The Morgan fingerprint density at radius 1 is 1.27 bits per heavy atom. The van der Waals surface area contributed by atoms with Crippen LogP contribution in [0.2, 0.25) is 10.2 Å². The Morgan fingerprint density at radius 2 is 2.08 bits per heavy atom. The van der Waals surface area contributed by atoms with Crippen LogP contribution in [0.3, 0.4) is 0 Å². The van der Waals surface area contributed by atoms with Crippen LogP contribution in [-0.2, 0) is 13.6 Å². The topological polar surface area (TPSA) is 101 Å². The van der Waals surface area contributed by atoms with E-state index in [0.717, 1.165) is 11.4 Å². The average molecular weight is 389 g/mol. The standard InChI is InChI=1S/C16H14Cl2N8/c1-8-5-11(25(2)24-8)15-22-12-14(19)21-7-26(16(12)23-15)6-9-10(17)3-4-20-13(9)18/h3-5,7,19H,6H2,1-2H3,(H,22,23). The Labute approximate surface area is 158 Å². The van der Waals surface area contributed by atoms with Crippen LogP contribution in [0.5, 0.6) is 0 Å². The molecular weight excluding hydrogens is 375 g/mol. The molecule has 0 spiro atoms. The lowest BCUT2D eigenvalue weighted by Crippen LogP contribution is -2.13. The maximum absolute atomic E-state index is 8.08. The van der Waals surface area contributed by atoms with E-state index in [4.69, 9.17) is 28.6 Å². The number of fused-ring (bicyclic) bond motifs is 1. The first-order valence-corrected chi connectivity index (χ1v) is 8.49. The fourth-order valence-corrected chi connectivity index (χ4v) is 3.28. The van der Waals surface area contributed by atoms with Gasteiger partial charge in [-0.25, -0.2) is 15.0 Å². The van der Waals surface area contributed by atoms with Crippen molar-refractivity contribution in [2.45, 2.75) is 13.5 Å². The average Bonchev–Trinajstić information content (AvgIpc) is 3.17. The fraction of sp³-hybridized carbons (Fsp3) is 0.188. The number of rotatable bonds is 3. The summed E-state index contributed by atoms with van der Waals surface area (Å²) in [5.74, 6) is 0.613. The van der Waals surface area contributed by atoms with Crippen molar-refractivity contribution in [2.75, 3.05) is 0 Å². The quantitative estimate of drug-likeness (QED) is 0.526. The second kappa shape index (κ2) is 6.22. The number of H-pyrrole nitrogens is 1. The molecule has 0 bridgehead atoms. The highest BCUT2D eigenvalue weighted by Gasteiger charge is 2.15. The second-order valence-corrected chi connectivity index (χ2v) is 6.63. The molecule has 8 nitrogen and oxygen atoms in total. The molecule has 2 N–H and O–H groups in total. The Morgan fingerprint density at radius 3 is 2.77 bits per heavy atom. The lowest BCUT2D eigenvalue weighted by atomic mass is 10.3. The van der Waals surface area contributed by atoms with E-state index in [1.807, 2.05) is 20.0 Å². The van der Waals surface area contributed by atoms with E-state index in [1.54, 1.807) is 27.8 Å². The molecule has 0 atom stereocenters. The summed E-state index contributed by atoms with van der Waals surface area (Å²) in [6.45, 7) is 2.25. The van der Waals surface area contributed by atoms with Gasteiger partial charge in [-0.15, -0.1) is 0 Å². The van der Waals surface area contributed by atoms with Crippen LogP contribution in [0.4, 0.5) is 0 Å². The third kappa shape index (κ3) is 2.77. The number of hydrogen-bond donors (Lipinski definition) is 2. The highest BCUT2D eigenvalue weighted by Crippen LogP contribution is 2.24. The van der Waals surface area contributed by atoms with Gasteiger partial charge in [-0.1, -0.05) is 23.2 Å². The van der Waals surface area contributed by atoms with Crippen molar-refractivity contribution >= 4 is 34.4 Å². The summed E-state index contributed by atoms with van der Waals surface area (Å²) in [5.41, 5.74) is 3.59. The first-order valence-electron chi connectivity index (χ1n) is 7.73. The monoisotopic (exact) mass is 388 g/mol. The number of pyridine rings is 1. The molecule has 4 aromatic rings. The van der Waals surface area contributed by atoms with Gasteiger partial charge in [0, 0.05) is 18.8 Å². The number of aromatic nitrogens is 7. The zero-order chi connectivity index (χ0) is 18.4. The zero-order valence-electron chi connectivity index (χ0n) is 14.0. The second-order valence-electron chi connectivity index (χ2n) is 5.86. The van der Waals surface area contributed by atoms with E-state index in [1.165, 1.54) is 0 Å². The maximum atomic E-state index is 8.08. The minimum absolute atomic E-state index is 0.109. The van der Waals surface area contributed by atoms with Crippen molar-refractivity contribution in [2.24, 2.45) is 7.05 Å². The van der Waals surface area contributed by atoms with E-state index in [2.05, 4.69) is 25.0 Å². The van der Waals surface area contributed by atoms with Crippen LogP contribution < -0.4 is 5.49 Å². The number of halogens is 2. The van der Waals surface area contributed by atoms with E-state index < -0.39 is 0 Å². The van der Waals surface area contributed by atoms with Gasteiger partial charge in [0.15, 0.2) is 17.0 Å². The first kappa shape index (κ1) is 16.7. The van der Waals surface area contributed by atoms with Crippen LogP contribution in [0, 0.1) is 12.3 Å². The third-order valence-electron chi connectivity index (χ3n) is 4.04. The minimum Gasteiger partial charge on any atom is -0.332 e. The first-order chi connectivity index (χ1) is 12.4. The van der Waals surface area contributed by atoms with Gasteiger partial charge in [-0.3, -0.25) is 10.1 Å². The third-order valence-corrected chi connectivity index (χ3v) is 4.72. The maximum Gasteiger partial charge on any atom is 0.173 e. The number of imidazole rings is 1. The van der Waals surface area contributed by atoms with E-state index in [0.29, 0.717) is 39.3 Å². The molecule has 10 heteroatoms. The lowest BCUT2D eigenvalue weighted by molar-refractivity contribution is 0.759. The Kier molecular flexibility index (Phi) is 4.01. The van der Waals surface area contributed by atoms with Crippen molar-refractivity contribution < 1.29 is 0 Å². The number of hydrogen-bond acceptors (Lipinski definition) is 5. The van der Waals surface area contributed by atoms with Crippen LogP contribution in [0.25, 0.3) is 22.7 Å². The van der Waals surface area contributed by atoms with Crippen LogP contribution >= 0.6 is 23.2 Å². The molecule has 0 fully saturated rings. The SMILES string of the molecule is Cc1cc(-c2nc3c([nH]2)c(=N)ncn3Cc2c(Cl)ccnc2Cl)n(C)n1. The number of nitrogens with one attached hydrogen (secondary N) is 2. The molecule has 0 amide bonds. The summed E-state index contributed by atoms with van der Waals surface area (Å²) in [5, 5.41) is 13.3. The molecule has 4 heterocycles. The van der Waals surface area contributed by atoms with Crippen molar-refractivity contribution in [1.29, 1.82) is 5.41 Å². The van der Waals surface area contributed by atoms with Gasteiger partial charge in [0.2, 0.25) is 0 Å². The van der Waals surface area contributed by atoms with E-state index >= 15 is 0 Å². The summed E-state index contributed by atoms with van der Waals surface area (Å²) in [6.07, 6.45) is 3.10. The molecule has 0 saturated carbocycles. The van der Waals surface area contributed by atoms with Gasteiger partial charge in [0.25, 0.3) is 0 Å². The number of aromatic amines is 1. The van der Waals surface area contributed by atoms with Crippen molar-refractivity contribution in [3.8, 4) is 11.5 Å². The molecule has 0 aliphatic heterocycles. The molecule has 0 unspecified atom stereocenters. The van der Waals surface area contributed by atoms with Gasteiger partial charge < -0.3 is 9.55 Å². The highest BCUT2D eigenvalue weighted by molar-refractivity contribution is 6.35. The Balaban J connectivity index is 1.88. The van der Waals surface area contributed by atoms with Crippen LogP contribution in [0.15, 0.2) is 24.7 Å². The van der Waals surface area contributed by atoms with Gasteiger partial charge in [0.05, 0.1) is 23.6 Å². The van der Waals surface area contributed by atoms with Crippen molar-refractivity contribution in [3.05, 3.63) is 51.6 Å². The molecular formula is C16H14Cl2N8. The molecule has 0 saturated heterocycles. The molecule has 26 heavy (non-hydrogen) atoms. The predicted molar refractivity (Wildman–Crippen MR) is 98.0 cm³/mol. The van der Waals surface area contributed by atoms with E-state index in [-0.39, 0.29) is 5.49 Å². The Bertz CT molecular complexity index is 1170. The fourth-order valence-electron chi connectivity index (χ4n) is 2.81. The molecule has 4 rings (SSSR count). The highest BCUT2D eigenvalue weighted by atomic mass is 35.5.